The van der Waals surface area contributed by atoms with Crippen molar-refractivity contribution in [1.29, 1.82) is 0 Å². The first kappa shape index (κ1) is 20.1. The fourth-order valence-corrected chi connectivity index (χ4v) is 2.19. The minimum Gasteiger partial charge on any atom is -0.383 e. The van der Waals surface area contributed by atoms with Crippen LogP contribution < -0.4 is 0 Å². The second-order valence-electron chi connectivity index (χ2n) is 5.32. The van der Waals surface area contributed by atoms with Gasteiger partial charge in [-0.3, -0.25) is 4.79 Å². The Kier molecular flexibility index (Phi) is 14.9. The van der Waals surface area contributed by atoms with E-state index in [0.29, 0.717) is 32.7 Å². The van der Waals surface area contributed by atoms with Crippen LogP contribution in [0.25, 0.3) is 0 Å². The van der Waals surface area contributed by atoms with Gasteiger partial charge in [0.15, 0.2) is 0 Å². The summed E-state index contributed by atoms with van der Waals surface area (Å²) in [6.07, 6.45) is 10.9. The zero-order chi connectivity index (χ0) is 15.8. The molecule has 0 spiro atoms. The van der Waals surface area contributed by atoms with E-state index >= 15 is 0 Å². The highest BCUT2D eigenvalue weighted by molar-refractivity contribution is 5.76. The molecule has 0 N–H and O–H groups in total. The maximum absolute atomic E-state index is 12.1. The first-order chi connectivity index (χ1) is 10.3. The van der Waals surface area contributed by atoms with E-state index < -0.39 is 0 Å². The molecule has 21 heavy (non-hydrogen) atoms. The van der Waals surface area contributed by atoms with Crippen LogP contribution in [0.1, 0.15) is 51.4 Å². The number of carbonyl (C=O) groups excluding carboxylic acids is 1. The van der Waals surface area contributed by atoms with Crippen LogP contribution in [0, 0.1) is 0 Å². The molecule has 0 aromatic heterocycles. The smallest absolute Gasteiger partial charge is 0.222 e. The third kappa shape index (κ3) is 12.6. The molecule has 0 aliphatic heterocycles. The number of nitrogens with zero attached hydrogens (tertiary/aromatic N) is 1. The average molecular weight is 299 g/mol. The average Bonchev–Trinajstić information content (AvgIpc) is 2.50. The lowest BCUT2D eigenvalue weighted by Gasteiger charge is -2.22. The van der Waals surface area contributed by atoms with Crippen molar-refractivity contribution >= 4 is 5.91 Å². The second-order valence-corrected chi connectivity index (χ2v) is 5.32. The summed E-state index contributed by atoms with van der Waals surface area (Å²) in [6.45, 7) is 6.20. The molecule has 0 bridgehead atoms. The summed E-state index contributed by atoms with van der Waals surface area (Å²) in [4.78, 5) is 14.0. The van der Waals surface area contributed by atoms with Gasteiger partial charge in [0.05, 0.1) is 13.2 Å². The summed E-state index contributed by atoms with van der Waals surface area (Å²) in [5, 5.41) is 0. The molecule has 0 unspecified atom stereocenters. The summed E-state index contributed by atoms with van der Waals surface area (Å²) in [5.41, 5.74) is 0. The third-order valence-electron chi connectivity index (χ3n) is 3.53. The van der Waals surface area contributed by atoms with E-state index in [9.17, 15) is 4.79 Å². The number of ether oxygens (including phenoxy) is 2. The lowest BCUT2D eigenvalue weighted by Crippen LogP contribution is -2.36. The monoisotopic (exact) mass is 299 g/mol. The number of unbranched alkanes of at least 4 members (excludes halogenated alkanes) is 6. The Morgan fingerprint density at radius 3 is 2.00 bits per heavy atom. The molecule has 0 rings (SSSR count). The van der Waals surface area contributed by atoms with Crippen LogP contribution in [0.4, 0.5) is 0 Å². The van der Waals surface area contributed by atoms with Gasteiger partial charge in [0.1, 0.15) is 0 Å². The summed E-state index contributed by atoms with van der Waals surface area (Å²) in [7, 11) is 3.32. The molecule has 0 aliphatic carbocycles. The Morgan fingerprint density at radius 2 is 1.48 bits per heavy atom. The highest BCUT2D eigenvalue weighted by Crippen LogP contribution is 2.09. The number of carbonyl (C=O) groups is 1. The molecule has 0 aromatic carbocycles. The molecule has 124 valence electrons. The maximum atomic E-state index is 12.1. The van der Waals surface area contributed by atoms with Gasteiger partial charge in [0.25, 0.3) is 0 Å². The van der Waals surface area contributed by atoms with Gasteiger partial charge in [-0.25, -0.2) is 0 Å². The molecule has 0 heterocycles. The minimum atomic E-state index is 0.218. The van der Waals surface area contributed by atoms with E-state index in [0.717, 1.165) is 19.3 Å². The molecule has 0 saturated heterocycles. The van der Waals surface area contributed by atoms with Crippen molar-refractivity contribution in [3.8, 4) is 0 Å². The van der Waals surface area contributed by atoms with E-state index in [2.05, 4.69) is 6.58 Å². The Bertz CT molecular complexity index is 248. The topological polar surface area (TPSA) is 38.8 Å². The van der Waals surface area contributed by atoms with Crippen LogP contribution in [-0.4, -0.2) is 51.3 Å². The van der Waals surface area contributed by atoms with Gasteiger partial charge in [0, 0.05) is 33.7 Å². The number of hydrogen-bond donors (Lipinski definition) is 0. The number of hydrogen-bond acceptors (Lipinski definition) is 3. The highest BCUT2D eigenvalue weighted by Gasteiger charge is 2.12. The van der Waals surface area contributed by atoms with E-state index in [-0.39, 0.29) is 5.91 Å². The van der Waals surface area contributed by atoms with E-state index in [1.54, 1.807) is 14.2 Å². The molecular weight excluding hydrogens is 266 g/mol. The minimum absolute atomic E-state index is 0.218. The summed E-state index contributed by atoms with van der Waals surface area (Å²) < 4.78 is 10.1. The van der Waals surface area contributed by atoms with Crippen LogP contribution in [0.2, 0.25) is 0 Å². The summed E-state index contributed by atoms with van der Waals surface area (Å²) in [6, 6.07) is 0. The third-order valence-corrected chi connectivity index (χ3v) is 3.53. The predicted octanol–water partition coefficient (Wildman–Crippen LogP) is 3.41. The lowest BCUT2D eigenvalue weighted by molar-refractivity contribution is -0.132. The van der Waals surface area contributed by atoms with Crippen LogP contribution in [0.5, 0.6) is 0 Å². The number of rotatable bonds is 15. The quantitative estimate of drug-likeness (QED) is 0.343. The van der Waals surface area contributed by atoms with E-state index in [1.165, 1.54) is 25.7 Å². The largest absolute Gasteiger partial charge is 0.383 e. The molecule has 1 amide bonds. The highest BCUT2D eigenvalue weighted by atomic mass is 16.5. The fraction of sp³-hybridized carbons (Fsp3) is 0.824. The predicted molar refractivity (Wildman–Crippen MR) is 87.5 cm³/mol. The van der Waals surface area contributed by atoms with Crippen molar-refractivity contribution in [1.82, 2.24) is 4.90 Å². The van der Waals surface area contributed by atoms with Crippen molar-refractivity contribution in [3.05, 3.63) is 12.7 Å². The van der Waals surface area contributed by atoms with Crippen molar-refractivity contribution in [2.45, 2.75) is 51.4 Å². The normalized spacial score (nSPS) is 10.6. The molecule has 0 atom stereocenters. The molecule has 0 radical (unpaired) electrons. The van der Waals surface area contributed by atoms with Gasteiger partial charge in [-0.1, -0.05) is 31.8 Å². The second kappa shape index (κ2) is 15.5. The lowest BCUT2D eigenvalue weighted by atomic mass is 10.1. The van der Waals surface area contributed by atoms with Crippen molar-refractivity contribution in [2.75, 3.05) is 40.5 Å². The van der Waals surface area contributed by atoms with Gasteiger partial charge in [-0.05, 0) is 19.3 Å². The molecule has 0 saturated carbocycles. The zero-order valence-electron chi connectivity index (χ0n) is 13.9. The Morgan fingerprint density at radius 1 is 0.952 bits per heavy atom. The molecule has 0 fully saturated rings. The molecule has 4 heteroatoms. The Balaban J connectivity index is 3.68. The molecule has 0 aromatic rings. The Hall–Kier alpha value is -0.870. The number of amides is 1. The van der Waals surface area contributed by atoms with Crippen LogP contribution in [0.3, 0.4) is 0 Å². The van der Waals surface area contributed by atoms with Gasteiger partial charge >= 0.3 is 0 Å². The standard InChI is InChI=1S/C17H33NO3/c1-4-5-6-7-8-9-10-11-12-17(19)18(13-15-20-2)14-16-21-3/h4H,1,5-16H2,2-3H3. The van der Waals surface area contributed by atoms with Gasteiger partial charge in [0.2, 0.25) is 5.91 Å². The van der Waals surface area contributed by atoms with Crippen molar-refractivity contribution < 1.29 is 14.3 Å². The number of methoxy groups -OCH3 is 2. The summed E-state index contributed by atoms with van der Waals surface area (Å²) >= 11 is 0. The SMILES string of the molecule is C=CCCCCCCCCC(=O)N(CCOC)CCOC. The fourth-order valence-electron chi connectivity index (χ4n) is 2.19. The summed E-state index contributed by atoms with van der Waals surface area (Å²) in [5.74, 6) is 0.218. The first-order valence-electron chi connectivity index (χ1n) is 8.12. The molecule has 0 aliphatic rings. The van der Waals surface area contributed by atoms with Crippen LogP contribution in [0.15, 0.2) is 12.7 Å². The molecular formula is C17H33NO3. The van der Waals surface area contributed by atoms with Gasteiger partial charge in [-0.15, -0.1) is 6.58 Å². The maximum Gasteiger partial charge on any atom is 0.222 e. The van der Waals surface area contributed by atoms with Gasteiger partial charge < -0.3 is 14.4 Å². The van der Waals surface area contributed by atoms with Crippen LogP contribution in [-0.2, 0) is 14.3 Å². The van der Waals surface area contributed by atoms with Crippen molar-refractivity contribution in [3.63, 3.8) is 0 Å². The van der Waals surface area contributed by atoms with Gasteiger partial charge in [-0.2, -0.15) is 0 Å². The molecule has 4 nitrogen and oxygen atoms in total. The zero-order valence-corrected chi connectivity index (χ0v) is 13.9. The van der Waals surface area contributed by atoms with E-state index in [1.807, 2.05) is 11.0 Å². The number of allylic oxidation sites excluding steroid dienone is 1. The van der Waals surface area contributed by atoms with E-state index in [4.69, 9.17) is 9.47 Å². The first-order valence-corrected chi connectivity index (χ1v) is 8.12. The van der Waals surface area contributed by atoms with Crippen molar-refractivity contribution in [2.24, 2.45) is 0 Å². The van der Waals surface area contributed by atoms with Crippen LogP contribution >= 0.6 is 0 Å². The Labute approximate surface area is 130 Å².